The minimum atomic E-state index is -0.729. The maximum atomic E-state index is 11.1. The molecule has 2 aromatic rings. The Morgan fingerprint density at radius 2 is 1.96 bits per heavy atom. The predicted molar refractivity (Wildman–Crippen MR) is 98.2 cm³/mol. The van der Waals surface area contributed by atoms with Crippen LogP contribution >= 0.6 is 0 Å². The molecule has 1 fully saturated rings. The molecule has 0 saturated carbocycles. The van der Waals surface area contributed by atoms with E-state index in [2.05, 4.69) is 35.2 Å². The van der Waals surface area contributed by atoms with Crippen molar-refractivity contribution in [3.05, 3.63) is 35.7 Å². The number of nitrogens with zero attached hydrogens (tertiary/aromatic N) is 3. The molecule has 0 spiro atoms. The number of aliphatic carboxylic acids is 1. The van der Waals surface area contributed by atoms with Crippen molar-refractivity contribution in [2.45, 2.75) is 26.7 Å². The van der Waals surface area contributed by atoms with Crippen molar-refractivity contribution in [2.75, 3.05) is 29.0 Å². The number of carboxylic acids is 1. The molecule has 0 aliphatic carbocycles. The van der Waals surface area contributed by atoms with Crippen molar-refractivity contribution in [2.24, 2.45) is 5.92 Å². The number of piperidine rings is 1. The second-order valence-electron chi connectivity index (χ2n) is 6.48. The van der Waals surface area contributed by atoms with Gasteiger partial charge in [0.15, 0.2) is 11.6 Å². The molecule has 0 unspecified atom stereocenters. The molecular formula is C18H23N5O2. The first-order chi connectivity index (χ1) is 12.0. The van der Waals surface area contributed by atoms with Crippen LogP contribution in [0.3, 0.4) is 0 Å². The monoisotopic (exact) mass is 341 g/mol. The van der Waals surface area contributed by atoms with Gasteiger partial charge in [-0.2, -0.15) is 0 Å². The highest BCUT2D eigenvalue weighted by Gasteiger charge is 2.26. The summed E-state index contributed by atoms with van der Waals surface area (Å²) in [6.07, 6.45) is 2.68. The summed E-state index contributed by atoms with van der Waals surface area (Å²) < 4.78 is 0. The largest absolute Gasteiger partial charge is 0.481 e. The van der Waals surface area contributed by atoms with Crippen LogP contribution in [0.25, 0.3) is 0 Å². The third-order valence-electron chi connectivity index (χ3n) is 4.78. The highest BCUT2D eigenvalue weighted by molar-refractivity contribution is 5.78. The molecule has 7 nitrogen and oxygen atoms in total. The zero-order valence-corrected chi connectivity index (χ0v) is 14.5. The van der Waals surface area contributed by atoms with E-state index >= 15 is 0 Å². The molecule has 1 aromatic heterocycles. The molecule has 3 rings (SSSR count). The highest BCUT2D eigenvalue weighted by Crippen LogP contribution is 2.31. The minimum absolute atomic E-state index is 0.285. The smallest absolute Gasteiger partial charge is 0.306 e. The molecule has 1 aliphatic rings. The zero-order valence-electron chi connectivity index (χ0n) is 14.5. The van der Waals surface area contributed by atoms with Crippen molar-refractivity contribution in [1.29, 1.82) is 0 Å². The van der Waals surface area contributed by atoms with E-state index in [1.54, 1.807) is 0 Å². The Kier molecular flexibility index (Phi) is 4.74. The summed E-state index contributed by atoms with van der Waals surface area (Å²) in [5.74, 6) is 0.207. The molecule has 132 valence electrons. The lowest BCUT2D eigenvalue weighted by Crippen LogP contribution is -2.37. The van der Waals surface area contributed by atoms with E-state index < -0.39 is 5.97 Å². The van der Waals surface area contributed by atoms with Gasteiger partial charge in [-0.25, -0.2) is 9.97 Å². The predicted octanol–water partition coefficient (Wildman–Crippen LogP) is 2.72. The number of hydrogen-bond acceptors (Lipinski definition) is 6. The summed E-state index contributed by atoms with van der Waals surface area (Å²) in [4.78, 5) is 21.7. The molecule has 0 bridgehead atoms. The van der Waals surface area contributed by atoms with Crippen LogP contribution in [0.5, 0.6) is 0 Å². The van der Waals surface area contributed by atoms with E-state index in [1.165, 1.54) is 17.5 Å². The van der Waals surface area contributed by atoms with Gasteiger partial charge in [-0.1, -0.05) is 6.07 Å². The van der Waals surface area contributed by atoms with Gasteiger partial charge in [-0.3, -0.25) is 4.79 Å². The van der Waals surface area contributed by atoms with Crippen molar-refractivity contribution in [3.8, 4) is 0 Å². The molecule has 1 aliphatic heterocycles. The molecule has 1 aromatic carbocycles. The normalized spacial score (nSPS) is 15.2. The first-order valence-electron chi connectivity index (χ1n) is 8.38. The van der Waals surface area contributed by atoms with Crippen LogP contribution in [-0.2, 0) is 4.79 Å². The van der Waals surface area contributed by atoms with E-state index in [-0.39, 0.29) is 5.92 Å². The second kappa shape index (κ2) is 6.96. The van der Waals surface area contributed by atoms with Crippen molar-refractivity contribution < 1.29 is 9.90 Å². The molecule has 2 heterocycles. The third-order valence-corrected chi connectivity index (χ3v) is 4.78. The van der Waals surface area contributed by atoms with Crippen LogP contribution in [0.2, 0.25) is 0 Å². The van der Waals surface area contributed by atoms with Gasteiger partial charge in [0.2, 0.25) is 0 Å². The summed E-state index contributed by atoms with van der Waals surface area (Å²) in [7, 11) is 0. The number of hydrogen-bond donors (Lipinski definition) is 3. The lowest BCUT2D eigenvalue weighted by Gasteiger charge is -2.31. The second-order valence-corrected chi connectivity index (χ2v) is 6.48. The standard InChI is InChI=1S/C18H23N5O2/c1-11-3-4-14(9-12(11)2)22-16-15(19)17(21-10-20-16)23-7-5-13(6-8-23)18(24)25/h3-4,9-10,13H,5-8,19H2,1-2H3,(H,24,25)(H,20,21,22). The molecule has 25 heavy (non-hydrogen) atoms. The molecule has 0 radical (unpaired) electrons. The topological polar surface area (TPSA) is 104 Å². The molecule has 7 heteroatoms. The van der Waals surface area contributed by atoms with Gasteiger partial charge in [0, 0.05) is 18.8 Å². The van der Waals surface area contributed by atoms with E-state index in [1.807, 2.05) is 17.0 Å². The maximum absolute atomic E-state index is 11.1. The molecule has 4 N–H and O–H groups in total. The van der Waals surface area contributed by atoms with Crippen LogP contribution in [-0.4, -0.2) is 34.1 Å². The fourth-order valence-corrected chi connectivity index (χ4v) is 3.03. The number of benzene rings is 1. The van der Waals surface area contributed by atoms with Crippen LogP contribution in [0.15, 0.2) is 24.5 Å². The fourth-order valence-electron chi connectivity index (χ4n) is 3.03. The van der Waals surface area contributed by atoms with E-state index in [0.717, 1.165) is 5.69 Å². The summed E-state index contributed by atoms with van der Waals surface area (Å²) in [6.45, 7) is 5.38. The fraction of sp³-hybridized carbons (Fsp3) is 0.389. The van der Waals surface area contributed by atoms with Crippen molar-refractivity contribution >= 4 is 29.0 Å². The Morgan fingerprint density at radius 1 is 1.24 bits per heavy atom. The number of carboxylic acid groups (broad SMARTS) is 1. The Balaban J connectivity index is 1.78. The van der Waals surface area contributed by atoms with E-state index in [4.69, 9.17) is 10.8 Å². The highest BCUT2D eigenvalue weighted by atomic mass is 16.4. The van der Waals surface area contributed by atoms with Gasteiger partial charge < -0.3 is 21.1 Å². The Hall–Kier alpha value is -2.83. The first-order valence-corrected chi connectivity index (χ1v) is 8.38. The van der Waals surface area contributed by atoms with Gasteiger partial charge in [0.1, 0.15) is 12.0 Å². The van der Waals surface area contributed by atoms with Gasteiger partial charge in [0.25, 0.3) is 0 Å². The number of nitrogens with one attached hydrogen (secondary N) is 1. The van der Waals surface area contributed by atoms with Gasteiger partial charge in [-0.05, 0) is 49.9 Å². The average molecular weight is 341 g/mol. The summed E-state index contributed by atoms with van der Waals surface area (Å²) >= 11 is 0. The van der Waals surface area contributed by atoms with Crippen LogP contribution in [0.1, 0.15) is 24.0 Å². The van der Waals surface area contributed by atoms with Crippen molar-refractivity contribution in [1.82, 2.24) is 9.97 Å². The number of anilines is 4. The number of nitrogens with two attached hydrogens (primary N) is 1. The minimum Gasteiger partial charge on any atom is -0.481 e. The Labute approximate surface area is 146 Å². The number of rotatable bonds is 4. The summed E-state index contributed by atoms with van der Waals surface area (Å²) in [5, 5.41) is 12.4. The lowest BCUT2D eigenvalue weighted by atomic mass is 9.97. The van der Waals surface area contributed by atoms with Gasteiger partial charge in [0.05, 0.1) is 5.92 Å². The number of aryl methyl sites for hydroxylation is 2. The van der Waals surface area contributed by atoms with Crippen LogP contribution in [0.4, 0.5) is 23.0 Å². The van der Waals surface area contributed by atoms with Crippen LogP contribution < -0.4 is 16.0 Å². The van der Waals surface area contributed by atoms with Crippen LogP contribution in [0, 0.1) is 19.8 Å². The molecule has 0 atom stereocenters. The van der Waals surface area contributed by atoms with Gasteiger partial charge in [-0.15, -0.1) is 0 Å². The Morgan fingerprint density at radius 3 is 2.60 bits per heavy atom. The quantitative estimate of drug-likeness (QED) is 0.785. The molecule has 1 saturated heterocycles. The lowest BCUT2D eigenvalue weighted by molar-refractivity contribution is -0.142. The van der Waals surface area contributed by atoms with E-state index in [0.29, 0.717) is 43.3 Å². The Bertz CT molecular complexity index is 785. The number of nitrogen functional groups attached to an aromatic ring is 1. The summed E-state index contributed by atoms with van der Waals surface area (Å²) in [6, 6.07) is 6.09. The number of aromatic nitrogens is 2. The third kappa shape index (κ3) is 3.65. The maximum Gasteiger partial charge on any atom is 0.306 e. The molecule has 0 amide bonds. The number of carbonyl (C=O) groups is 1. The SMILES string of the molecule is Cc1ccc(Nc2ncnc(N3CCC(C(=O)O)CC3)c2N)cc1C. The summed E-state index contributed by atoms with van der Waals surface area (Å²) in [5.41, 5.74) is 10.1. The van der Waals surface area contributed by atoms with Crippen molar-refractivity contribution in [3.63, 3.8) is 0 Å². The first kappa shape index (κ1) is 17.0. The average Bonchev–Trinajstić information content (AvgIpc) is 2.60. The molecular weight excluding hydrogens is 318 g/mol. The van der Waals surface area contributed by atoms with Gasteiger partial charge >= 0.3 is 5.97 Å². The van der Waals surface area contributed by atoms with E-state index in [9.17, 15) is 4.79 Å². The zero-order chi connectivity index (χ0) is 18.0.